The molecule has 0 aliphatic carbocycles. The normalized spacial score (nSPS) is 21.0. The fourth-order valence-corrected chi connectivity index (χ4v) is 4.02. The van der Waals surface area contributed by atoms with Gasteiger partial charge in [0.2, 0.25) is 5.91 Å². The summed E-state index contributed by atoms with van der Waals surface area (Å²) in [6.07, 6.45) is 3.97. The second kappa shape index (κ2) is 12.4. The number of benzene rings is 1. The van der Waals surface area contributed by atoms with E-state index in [0.29, 0.717) is 24.3 Å². The van der Waals surface area contributed by atoms with Gasteiger partial charge >= 0.3 is 0 Å². The minimum Gasteiger partial charge on any atom is -0.491 e. The summed E-state index contributed by atoms with van der Waals surface area (Å²) in [4.78, 5) is 49.9. The molecule has 3 amide bonds. The maximum absolute atomic E-state index is 13.3. The smallest absolute Gasteiger partial charge is 0.275 e. The summed E-state index contributed by atoms with van der Waals surface area (Å²) >= 11 is 0. The van der Waals surface area contributed by atoms with Gasteiger partial charge in [-0.15, -0.1) is 0 Å². The molecule has 2 aromatic rings. The molecule has 0 unspecified atom stereocenters. The van der Waals surface area contributed by atoms with Crippen LogP contribution in [0.15, 0.2) is 36.8 Å². The molecule has 11 nitrogen and oxygen atoms in total. The van der Waals surface area contributed by atoms with Gasteiger partial charge in [-0.2, -0.15) is 0 Å². The minimum atomic E-state index is -0.443. The van der Waals surface area contributed by atoms with E-state index < -0.39 is 5.91 Å². The Hall–Kier alpha value is -3.57. The number of amides is 3. The number of fused-ring (bicyclic) bond motifs is 1. The highest BCUT2D eigenvalue weighted by atomic mass is 16.5. The number of nitrogens with zero attached hydrogens (tertiary/aromatic N) is 4. The molecule has 0 bridgehead atoms. The standard InChI is InChI=1S/C25H33N5O6/c1-16-12-30(23(31)15-34-4)17(2)14-36-21-10-18(28-24(32)20-11-26-8-9-27-20)6-7-19(21)25(33)29(3)13-22(16)35-5/h6-11,16-17,22H,12-15H2,1-5H3,(H,28,32)/t16-,17+,22-/m1/s1. The molecule has 0 saturated heterocycles. The maximum atomic E-state index is 13.3. The Balaban J connectivity index is 1.94. The van der Waals surface area contributed by atoms with Gasteiger partial charge in [0.05, 0.1) is 23.9 Å². The predicted octanol–water partition coefficient (Wildman–Crippen LogP) is 1.71. The van der Waals surface area contributed by atoms with Crippen molar-refractivity contribution in [2.75, 3.05) is 52.9 Å². The first-order valence-corrected chi connectivity index (χ1v) is 11.7. The Morgan fingerprint density at radius 1 is 1.19 bits per heavy atom. The van der Waals surface area contributed by atoms with Crippen LogP contribution < -0.4 is 10.1 Å². The van der Waals surface area contributed by atoms with Gasteiger partial charge < -0.3 is 29.3 Å². The number of rotatable bonds is 5. The summed E-state index contributed by atoms with van der Waals surface area (Å²) in [5, 5.41) is 2.75. The molecule has 1 aliphatic rings. The van der Waals surface area contributed by atoms with Crippen LogP contribution in [0.2, 0.25) is 0 Å². The van der Waals surface area contributed by atoms with Crippen molar-refractivity contribution in [2.24, 2.45) is 5.92 Å². The van der Waals surface area contributed by atoms with Gasteiger partial charge in [0.25, 0.3) is 11.8 Å². The number of likely N-dealkylation sites (N-methyl/N-ethyl adjacent to an activating group) is 1. The number of nitrogens with one attached hydrogen (secondary N) is 1. The van der Waals surface area contributed by atoms with Crippen LogP contribution in [-0.2, 0) is 14.3 Å². The highest BCUT2D eigenvalue weighted by molar-refractivity contribution is 6.03. The quantitative estimate of drug-likeness (QED) is 0.660. The van der Waals surface area contributed by atoms with Gasteiger partial charge in [-0.3, -0.25) is 19.4 Å². The molecule has 3 rings (SSSR count). The maximum Gasteiger partial charge on any atom is 0.275 e. The monoisotopic (exact) mass is 499 g/mol. The lowest BCUT2D eigenvalue weighted by Gasteiger charge is -2.36. The summed E-state index contributed by atoms with van der Waals surface area (Å²) in [5.41, 5.74) is 0.915. The SMILES string of the molecule is COCC(=O)N1C[C@@H](C)[C@H](OC)CN(C)C(=O)c2ccc(NC(=O)c3cnccn3)cc2OC[C@@H]1C. The highest BCUT2D eigenvalue weighted by Crippen LogP contribution is 2.27. The van der Waals surface area contributed by atoms with Crippen molar-refractivity contribution >= 4 is 23.4 Å². The van der Waals surface area contributed by atoms with E-state index in [-0.39, 0.29) is 54.5 Å². The van der Waals surface area contributed by atoms with Gasteiger partial charge in [0.1, 0.15) is 24.7 Å². The van der Waals surface area contributed by atoms with Crippen molar-refractivity contribution in [2.45, 2.75) is 26.0 Å². The van der Waals surface area contributed by atoms with Crippen LogP contribution in [0.1, 0.15) is 34.7 Å². The largest absolute Gasteiger partial charge is 0.491 e. The minimum absolute atomic E-state index is 0.0499. The molecular formula is C25H33N5O6. The van der Waals surface area contributed by atoms with Crippen LogP contribution in [0, 0.1) is 5.92 Å². The Bertz CT molecular complexity index is 1070. The number of methoxy groups -OCH3 is 2. The van der Waals surface area contributed by atoms with Crippen molar-refractivity contribution < 1.29 is 28.6 Å². The van der Waals surface area contributed by atoms with Gasteiger partial charge in [0, 0.05) is 64.4 Å². The van der Waals surface area contributed by atoms with Crippen LogP contribution in [0.3, 0.4) is 0 Å². The molecule has 1 N–H and O–H groups in total. The Morgan fingerprint density at radius 2 is 1.97 bits per heavy atom. The van der Waals surface area contributed by atoms with E-state index >= 15 is 0 Å². The average Bonchev–Trinajstić information content (AvgIpc) is 2.88. The Morgan fingerprint density at radius 3 is 2.64 bits per heavy atom. The molecule has 36 heavy (non-hydrogen) atoms. The summed E-state index contributed by atoms with van der Waals surface area (Å²) in [7, 11) is 4.76. The molecule has 1 aliphatic heterocycles. The molecule has 1 aromatic heterocycles. The predicted molar refractivity (Wildman–Crippen MR) is 132 cm³/mol. The van der Waals surface area contributed by atoms with Gasteiger partial charge in [-0.25, -0.2) is 4.98 Å². The molecule has 0 saturated carbocycles. The van der Waals surface area contributed by atoms with Gasteiger partial charge in [0.15, 0.2) is 0 Å². The van der Waals surface area contributed by atoms with E-state index in [2.05, 4.69) is 15.3 Å². The van der Waals surface area contributed by atoms with Crippen LogP contribution >= 0.6 is 0 Å². The summed E-state index contributed by atoms with van der Waals surface area (Å²) in [6, 6.07) is 4.51. The zero-order valence-corrected chi connectivity index (χ0v) is 21.3. The first kappa shape index (κ1) is 27.0. The van der Waals surface area contributed by atoms with Crippen LogP contribution in [0.5, 0.6) is 5.75 Å². The van der Waals surface area contributed by atoms with Crippen molar-refractivity contribution in [1.82, 2.24) is 19.8 Å². The fraction of sp³-hybridized carbons (Fsp3) is 0.480. The summed E-state index contributed by atoms with van der Waals surface area (Å²) < 4.78 is 16.8. The van der Waals surface area contributed by atoms with Crippen LogP contribution in [0.4, 0.5) is 5.69 Å². The molecule has 0 fully saturated rings. The number of ether oxygens (including phenoxy) is 3. The highest BCUT2D eigenvalue weighted by Gasteiger charge is 2.30. The third kappa shape index (κ3) is 6.55. The van der Waals surface area contributed by atoms with E-state index in [0.717, 1.165) is 0 Å². The van der Waals surface area contributed by atoms with Gasteiger partial charge in [-0.05, 0) is 19.1 Å². The van der Waals surface area contributed by atoms with Crippen molar-refractivity contribution in [1.29, 1.82) is 0 Å². The van der Waals surface area contributed by atoms with E-state index in [1.165, 1.54) is 25.7 Å². The molecule has 11 heteroatoms. The third-order valence-corrected chi connectivity index (χ3v) is 6.09. The molecule has 1 aromatic carbocycles. The molecule has 3 atom stereocenters. The van der Waals surface area contributed by atoms with E-state index in [9.17, 15) is 14.4 Å². The number of carbonyl (C=O) groups is 3. The zero-order valence-electron chi connectivity index (χ0n) is 21.3. The van der Waals surface area contributed by atoms with E-state index in [1.54, 1.807) is 42.2 Å². The number of aromatic nitrogens is 2. The molecule has 194 valence electrons. The molecule has 2 heterocycles. The fourth-order valence-electron chi connectivity index (χ4n) is 4.02. The number of anilines is 1. The number of carbonyl (C=O) groups excluding carboxylic acids is 3. The molecular weight excluding hydrogens is 466 g/mol. The van der Waals surface area contributed by atoms with Crippen LogP contribution in [0.25, 0.3) is 0 Å². The van der Waals surface area contributed by atoms with Gasteiger partial charge in [-0.1, -0.05) is 6.92 Å². The first-order valence-electron chi connectivity index (χ1n) is 11.7. The zero-order chi connectivity index (χ0) is 26.2. The topological polar surface area (TPSA) is 123 Å². The average molecular weight is 500 g/mol. The van der Waals surface area contributed by atoms with Crippen LogP contribution in [-0.4, -0.2) is 97.2 Å². The second-order valence-electron chi connectivity index (χ2n) is 8.83. The lowest BCUT2D eigenvalue weighted by atomic mass is 10.0. The van der Waals surface area contributed by atoms with Crippen molar-refractivity contribution in [3.63, 3.8) is 0 Å². The van der Waals surface area contributed by atoms with Crippen molar-refractivity contribution in [3.8, 4) is 5.75 Å². The number of hydrogen-bond acceptors (Lipinski definition) is 8. The summed E-state index contributed by atoms with van der Waals surface area (Å²) in [6.45, 7) is 4.67. The lowest BCUT2D eigenvalue weighted by Crippen LogP contribution is -2.49. The molecule has 0 radical (unpaired) electrons. The summed E-state index contributed by atoms with van der Waals surface area (Å²) in [5.74, 6) is -0.613. The van der Waals surface area contributed by atoms with E-state index in [1.807, 2.05) is 13.8 Å². The molecule has 0 spiro atoms. The number of hydrogen-bond donors (Lipinski definition) is 1. The van der Waals surface area contributed by atoms with E-state index in [4.69, 9.17) is 14.2 Å². The van der Waals surface area contributed by atoms with Crippen molar-refractivity contribution in [3.05, 3.63) is 48.0 Å². The lowest BCUT2D eigenvalue weighted by molar-refractivity contribution is -0.139. The Labute approximate surface area is 210 Å². The third-order valence-electron chi connectivity index (χ3n) is 6.09. The Kier molecular flexibility index (Phi) is 9.31. The second-order valence-corrected chi connectivity index (χ2v) is 8.83. The first-order chi connectivity index (χ1) is 17.2.